The number of hydrogen-bond acceptors (Lipinski definition) is 5. The Labute approximate surface area is 241 Å². The van der Waals surface area contributed by atoms with Crippen molar-refractivity contribution < 1.29 is 33.3 Å². The van der Waals surface area contributed by atoms with Gasteiger partial charge in [0.1, 0.15) is 18.2 Å². The summed E-state index contributed by atoms with van der Waals surface area (Å²) >= 11 is 0. The lowest BCUT2D eigenvalue weighted by Gasteiger charge is -2.23. The highest BCUT2D eigenvalue weighted by molar-refractivity contribution is 5.74. The predicted octanol–water partition coefficient (Wildman–Crippen LogP) is 5.10. The lowest BCUT2D eigenvalue weighted by Crippen LogP contribution is -2.43. The van der Waals surface area contributed by atoms with Gasteiger partial charge in [-0.25, -0.2) is 14.0 Å². The Morgan fingerprint density at radius 1 is 0.902 bits per heavy atom. The topological polar surface area (TPSA) is 97.3 Å². The zero-order chi connectivity index (χ0) is 29.3. The summed E-state index contributed by atoms with van der Waals surface area (Å²) in [7, 11) is 0. The molecule has 3 aromatic carbocycles. The lowest BCUT2D eigenvalue weighted by molar-refractivity contribution is -0.149. The van der Waals surface area contributed by atoms with Crippen LogP contribution in [0.2, 0.25) is 0 Å². The highest BCUT2D eigenvalue weighted by atomic mass is 19.1. The number of carbonyl (C=O) groups is 2. The predicted molar refractivity (Wildman–Crippen MR) is 154 cm³/mol. The molecule has 0 aromatic heterocycles. The van der Waals surface area contributed by atoms with E-state index in [-0.39, 0.29) is 18.3 Å². The Morgan fingerprint density at radius 2 is 1.61 bits per heavy atom. The maximum atomic E-state index is 13.1. The first kappa shape index (κ1) is 31.6. The molecule has 2 N–H and O–H groups in total. The van der Waals surface area contributed by atoms with Gasteiger partial charge >= 0.3 is 12.0 Å². The number of urea groups is 1. The molecule has 0 aliphatic rings. The van der Waals surface area contributed by atoms with E-state index in [9.17, 15) is 19.1 Å². The lowest BCUT2D eigenvalue weighted by atomic mass is 10.1. The first-order valence-corrected chi connectivity index (χ1v) is 13.9. The average molecular weight is 567 g/mol. The SMILES string of the molecule is CCOC(Cc1ccc(OCCN(CCCOCc2ccc(F)cc2)C(=O)NCCc2ccccc2)cc1)C(=O)O. The number of ether oxygens (including phenoxy) is 3. The minimum absolute atomic E-state index is 0.172. The number of halogens is 1. The normalized spacial score (nSPS) is 11.6. The van der Waals surface area contributed by atoms with Crippen LogP contribution in [0.5, 0.6) is 5.75 Å². The van der Waals surface area contributed by atoms with Crippen LogP contribution in [0.1, 0.15) is 30.0 Å². The monoisotopic (exact) mass is 566 g/mol. The van der Waals surface area contributed by atoms with E-state index in [4.69, 9.17) is 14.2 Å². The molecule has 3 aromatic rings. The number of hydrogen-bond donors (Lipinski definition) is 2. The average Bonchev–Trinajstić information content (AvgIpc) is 2.98. The second-order valence-electron chi connectivity index (χ2n) is 9.47. The maximum Gasteiger partial charge on any atom is 0.333 e. The molecular formula is C32H39FN2O6. The van der Waals surface area contributed by atoms with Crippen molar-refractivity contribution >= 4 is 12.0 Å². The van der Waals surface area contributed by atoms with Crippen molar-refractivity contribution in [2.24, 2.45) is 0 Å². The van der Waals surface area contributed by atoms with Gasteiger partial charge in [-0.15, -0.1) is 0 Å². The van der Waals surface area contributed by atoms with E-state index < -0.39 is 12.1 Å². The molecule has 220 valence electrons. The summed E-state index contributed by atoms with van der Waals surface area (Å²) in [6, 6.07) is 23.2. The van der Waals surface area contributed by atoms with E-state index in [0.29, 0.717) is 58.2 Å². The molecule has 0 radical (unpaired) electrons. The summed E-state index contributed by atoms with van der Waals surface area (Å²) in [5, 5.41) is 12.3. The van der Waals surface area contributed by atoms with Gasteiger partial charge < -0.3 is 29.5 Å². The highest BCUT2D eigenvalue weighted by Gasteiger charge is 2.18. The number of nitrogens with one attached hydrogen (secondary N) is 1. The molecule has 0 heterocycles. The van der Waals surface area contributed by atoms with Crippen molar-refractivity contribution in [1.29, 1.82) is 0 Å². The minimum atomic E-state index is -0.991. The highest BCUT2D eigenvalue weighted by Crippen LogP contribution is 2.15. The molecule has 3 rings (SSSR count). The standard InChI is InChI=1S/C32H39FN2O6/c1-2-40-30(31(36)37)23-26-11-15-29(16-12-26)41-22-20-35(32(38)34-18-17-25-7-4-3-5-8-25)19-6-21-39-24-27-9-13-28(33)14-10-27/h3-5,7-16,30H,2,6,17-24H2,1H3,(H,34,38)(H,36,37). The fourth-order valence-corrected chi connectivity index (χ4v) is 4.14. The Balaban J connectivity index is 1.47. The van der Waals surface area contributed by atoms with Crippen molar-refractivity contribution in [2.45, 2.75) is 38.9 Å². The zero-order valence-electron chi connectivity index (χ0n) is 23.5. The molecule has 0 spiro atoms. The number of rotatable bonds is 18. The number of carbonyl (C=O) groups excluding carboxylic acids is 1. The molecule has 1 unspecified atom stereocenters. The fourth-order valence-electron chi connectivity index (χ4n) is 4.14. The van der Waals surface area contributed by atoms with Crippen LogP contribution in [-0.4, -0.2) is 67.6 Å². The molecule has 0 aliphatic carbocycles. The smallest absolute Gasteiger partial charge is 0.333 e. The number of amides is 2. The van der Waals surface area contributed by atoms with Gasteiger partial charge in [0.2, 0.25) is 0 Å². The molecular weight excluding hydrogens is 527 g/mol. The fraction of sp³-hybridized carbons (Fsp3) is 0.375. The Kier molecular flexibility index (Phi) is 13.6. The van der Waals surface area contributed by atoms with Crippen LogP contribution in [0, 0.1) is 5.82 Å². The van der Waals surface area contributed by atoms with Gasteiger partial charge in [0.15, 0.2) is 6.10 Å². The number of nitrogens with zero attached hydrogens (tertiary/aromatic N) is 1. The third-order valence-electron chi connectivity index (χ3n) is 6.34. The molecule has 0 saturated heterocycles. The number of benzene rings is 3. The molecule has 8 nitrogen and oxygen atoms in total. The number of carboxylic acid groups (broad SMARTS) is 1. The summed E-state index contributed by atoms with van der Waals surface area (Å²) in [5.41, 5.74) is 2.87. The Bertz CT molecular complexity index is 1180. The number of aliphatic carboxylic acids is 1. The first-order valence-electron chi connectivity index (χ1n) is 13.9. The summed E-state index contributed by atoms with van der Waals surface area (Å²) in [4.78, 5) is 26.0. The van der Waals surface area contributed by atoms with Crippen molar-refractivity contribution in [1.82, 2.24) is 10.2 Å². The molecule has 0 fully saturated rings. The Morgan fingerprint density at radius 3 is 2.29 bits per heavy atom. The summed E-state index contributed by atoms with van der Waals surface area (Å²) in [6.45, 7) is 4.59. The van der Waals surface area contributed by atoms with Gasteiger partial charge in [-0.05, 0) is 60.7 Å². The second-order valence-corrected chi connectivity index (χ2v) is 9.47. The van der Waals surface area contributed by atoms with Gasteiger partial charge in [0, 0.05) is 32.7 Å². The van der Waals surface area contributed by atoms with E-state index >= 15 is 0 Å². The van der Waals surface area contributed by atoms with E-state index in [0.717, 1.165) is 23.1 Å². The summed E-state index contributed by atoms with van der Waals surface area (Å²) in [6.07, 6.45) is 0.743. The van der Waals surface area contributed by atoms with E-state index in [1.54, 1.807) is 36.1 Å². The van der Waals surface area contributed by atoms with Crippen molar-refractivity contribution in [3.05, 3.63) is 101 Å². The van der Waals surface area contributed by atoms with Crippen LogP contribution in [0.15, 0.2) is 78.9 Å². The van der Waals surface area contributed by atoms with Gasteiger partial charge in [-0.1, -0.05) is 54.6 Å². The van der Waals surface area contributed by atoms with Crippen molar-refractivity contribution in [3.8, 4) is 5.75 Å². The van der Waals surface area contributed by atoms with E-state index in [1.807, 2.05) is 42.5 Å². The van der Waals surface area contributed by atoms with Gasteiger partial charge in [0.05, 0.1) is 13.2 Å². The molecule has 9 heteroatoms. The molecule has 0 aliphatic heterocycles. The maximum absolute atomic E-state index is 13.1. The van der Waals surface area contributed by atoms with Crippen molar-refractivity contribution in [3.63, 3.8) is 0 Å². The van der Waals surface area contributed by atoms with Crippen LogP contribution in [0.3, 0.4) is 0 Å². The zero-order valence-corrected chi connectivity index (χ0v) is 23.5. The van der Waals surface area contributed by atoms with Gasteiger partial charge in [0.25, 0.3) is 0 Å². The quantitative estimate of drug-likeness (QED) is 0.208. The summed E-state index contributed by atoms with van der Waals surface area (Å²) < 4.78 is 30.0. The largest absolute Gasteiger partial charge is 0.492 e. The third-order valence-corrected chi connectivity index (χ3v) is 6.34. The van der Waals surface area contributed by atoms with Gasteiger partial charge in [-0.3, -0.25) is 0 Å². The molecule has 0 saturated carbocycles. The molecule has 2 amide bonds. The van der Waals surface area contributed by atoms with Crippen LogP contribution in [0.4, 0.5) is 9.18 Å². The van der Waals surface area contributed by atoms with Gasteiger partial charge in [-0.2, -0.15) is 0 Å². The third kappa shape index (κ3) is 12.0. The molecule has 0 bridgehead atoms. The second kappa shape index (κ2) is 17.7. The van der Waals surface area contributed by atoms with Crippen LogP contribution in [0.25, 0.3) is 0 Å². The van der Waals surface area contributed by atoms with E-state index in [1.165, 1.54) is 12.1 Å². The van der Waals surface area contributed by atoms with E-state index in [2.05, 4.69) is 5.32 Å². The first-order chi connectivity index (χ1) is 19.9. The summed E-state index contributed by atoms with van der Waals surface area (Å²) in [5.74, 6) is -0.645. The van der Waals surface area contributed by atoms with Crippen molar-refractivity contribution in [2.75, 3.05) is 39.5 Å². The van der Waals surface area contributed by atoms with Crippen LogP contribution < -0.4 is 10.1 Å². The molecule has 1 atom stereocenters. The number of carboxylic acids is 1. The minimum Gasteiger partial charge on any atom is -0.492 e. The Hall–Kier alpha value is -3.95. The van der Waals surface area contributed by atoms with Crippen LogP contribution >= 0.6 is 0 Å². The van der Waals surface area contributed by atoms with Crippen LogP contribution in [-0.2, 0) is 33.7 Å². The molecule has 41 heavy (non-hydrogen) atoms.